The largest absolute Gasteiger partial charge is 0.744 e. The van der Waals surface area contributed by atoms with Crippen LogP contribution in [0.2, 0.25) is 0 Å². The zero-order valence-electron chi connectivity index (χ0n) is 28.1. The fraction of sp³-hybridized carbons (Fsp3) is 0.750. The van der Waals surface area contributed by atoms with Crippen LogP contribution in [0.4, 0.5) is 0 Å². The SMILES string of the molecule is CCCCCCCCCCCCCCC1COC(COCCCCCC[N+]2(C)C=CN=C2)C1.Cc1ccc(S(=O)(=O)[O-])cc1. The molecule has 2 aliphatic rings. The minimum absolute atomic E-state index is 0.178. The Morgan fingerprint density at radius 1 is 0.886 bits per heavy atom. The van der Waals surface area contributed by atoms with Gasteiger partial charge >= 0.3 is 0 Å². The van der Waals surface area contributed by atoms with Crippen LogP contribution in [0.5, 0.6) is 0 Å². The molecular formula is C36H62N2O5S. The summed E-state index contributed by atoms with van der Waals surface area (Å²) in [5.74, 6) is 0.773. The van der Waals surface area contributed by atoms with Gasteiger partial charge in [-0.3, -0.25) is 4.48 Å². The van der Waals surface area contributed by atoms with Gasteiger partial charge in [-0.1, -0.05) is 108 Å². The Morgan fingerprint density at radius 3 is 2.07 bits per heavy atom. The Labute approximate surface area is 269 Å². The zero-order chi connectivity index (χ0) is 31.9. The molecule has 2 heterocycles. The highest BCUT2D eigenvalue weighted by molar-refractivity contribution is 7.85. The molecule has 3 rings (SSSR count). The van der Waals surface area contributed by atoms with E-state index in [-0.39, 0.29) is 4.90 Å². The second-order valence-corrected chi connectivity index (χ2v) is 14.5. The van der Waals surface area contributed by atoms with Crippen molar-refractivity contribution in [2.24, 2.45) is 10.9 Å². The van der Waals surface area contributed by atoms with Crippen molar-refractivity contribution in [1.82, 2.24) is 0 Å². The smallest absolute Gasteiger partial charge is 0.194 e. The van der Waals surface area contributed by atoms with Gasteiger partial charge in [0.1, 0.15) is 16.3 Å². The Morgan fingerprint density at radius 2 is 1.48 bits per heavy atom. The molecule has 1 aromatic rings. The number of aryl methyl sites for hydroxylation is 1. The molecule has 3 unspecified atom stereocenters. The third-order valence-electron chi connectivity index (χ3n) is 8.75. The molecule has 0 saturated carbocycles. The van der Waals surface area contributed by atoms with Crippen LogP contribution in [-0.4, -0.2) is 63.3 Å². The highest BCUT2D eigenvalue weighted by Gasteiger charge is 2.25. The van der Waals surface area contributed by atoms with E-state index in [1.165, 1.54) is 128 Å². The van der Waals surface area contributed by atoms with E-state index in [1.807, 2.05) is 19.5 Å². The van der Waals surface area contributed by atoms with Crippen LogP contribution in [0.1, 0.15) is 128 Å². The molecule has 3 atom stereocenters. The van der Waals surface area contributed by atoms with Crippen molar-refractivity contribution in [1.29, 1.82) is 0 Å². The Hall–Kier alpha value is -1.58. The van der Waals surface area contributed by atoms with E-state index in [4.69, 9.17) is 9.47 Å². The van der Waals surface area contributed by atoms with Crippen molar-refractivity contribution in [3.63, 3.8) is 0 Å². The number of nitrogens with zero attached hydrogens (tertiary/aromatic N) is 2. The molecule has 2 aliphatic heterocycles. The molecule has 44 heavy (non-hydrogen) atoms. The van der Waals surface area contributed by atoms with Gasteiger partial charge in [0.2, 0.25) is 0 Å². The highest BCUT2D eigenvalue weighted by Crippen LogP contribution is 2.25. The summed E-state index contributed by atoms with van der Waals surface area (Å²) in [4.78, 5) is 4.02. The number of hydrogen-bond donors (Lipinski definition) is 0. The summed E-state index contributed by atoms with van der Waals surface area (Å²) in [5.41, 5.74) is 0.928. The van der Waals surface area contributed by atoms with Crippen LogP contribution < -0.4 is 0 Å². The Bertz CT molecular complexity index is 1010. The number of quaternary nitrogens is 1. The van der Waals surface area contributed by atoms with Gasteiger partial charge in [-0.25, -0.2) is 13.4 Å². The predicted octanol–water partition coefficient (Wildman–Crippen LogP) is 8.92. The first-order chi connectivity index (χ1) is 21.2. The normalized spacial score (nSPS) is 21.1. The topological polar surface area (TPSA) is 88.0 Å². The van der Waals surface area contributed by atoms with Crippen LogP contribution in [0, 0.1) is 12.8 Å². The van der Waals surface area contributed by atoms with Crippen molar-refractivity contribution in [3.05, 3.63) is 42.2 Å². The van der Waals surface area contributed by atoms with Gasteiger partial charge in [0.05, 0.1) is 37.4 Å². The zero-order valence-corrected chi connectivity index (χ0v) is 28.9. The summed E-state index contributed by atoms with van der Waals surface area (Å²) >= 11 is 0. The number of aliphatic imine (C=N–C) groups is 1. The Kier molecular flexibility index (Phi) is 20.0. The first-order valence-electron chi connectivity index (χ1n) is 17.5. The van der Waals surface area contributed by atoms with Crippen molar-refractivity contribution in [3.8, 4) is 0 Å². The maximum atomic E-state index is 10.4. The maximum absolute atomic E-state index is 10.4. The van der Waals surface area contributed by atoms with E-state index in [1.54, 1.807) is 12.1 Å². The highest BCUT2D eigenvalue weighted by atomic mass is 32.2. The molecule has 0 aromatic heterocycles. The summed E-state index contributed by atoms with van der Waals surface area (Å²) in [6.45, 7) is 7.91. The lowest BCUT2D eigenvalue weighted by atomic mass is 9.97. The van der Waals surface area contributed by atoms with E-state index < -0.39 is 10.1 Å². The number of rotatable bonds is 23. The van der Waals surface area contributed by atoms with Crippen molar-refractivity contribution < 1.29 is 26.9 Å². The summed E-state index contributed by atoms with van der Waals surface area (Å²) in [5, 5.41) is 0. The van der Waals surface area contributed by atoms with Crippen LogP contribution in [0.25, 0.3) is 0 Å². The fourth-order valence-corrected chi connectivity index (χ4v) is 6.32. The number of unbranched alkanes of at least 4 members (excludes halogenated alkanes) is 14. The van der Waals surface area contributed by atoms with Gasteiger partial charge < -0.3 is 14.0 Å². The van der Waals surface area contributed by atoms with Crippen LogP contribution in [0.15, 0.2) is 46.6 Å². The third-order valence-corrected chi connectivity index (χ3v) is 9.60. The molecule has 1 fully saturated rings. The lowest BCUT2D eigenvalue weighted by Gasteiger charge is -2.21. The Balaban J connectivity index is 0.000000514. The van der Waals surface area contributed by atoms with Gasteiger partial charge in [-0.2, -0.15) is 0 Å². The second-order valence-electron chi connectivity index (χ2n) is 13.1. The summed E-state index contributed by atoms with van der Waals surface area (Å²) in [6.07, 6.45) is 31.1. The van der Waals surface area contributed by atoms with Crippen molar-refractivity contribution in [2.75, 3.05) is 33.4 Å². The molecule has 252 valence electrons. The molecule has 0 aliphatic carbocycles. The first-order valence-corrected chi connectivity index (χ1v) is 18.9. The minimum Gasteiger partial charge on any atom is -0.744 e. The maximum Gasteiger partial charge on any atom is 0.194 e. The first kappa shape index (κ1) is 38.6. The predicted molar refractivity (Wildman–Crippen MR) is 181 cm³/mol. The molecule has 0 spiro atoms. The molecular weight excluding hydrogens is 572 g/mol. The number of ether oxygens (including phenoxy) is 2. The monoisotopic (exact) mass is 634 g/mol. The molecule has 1 saturated heterocycles. The van der Waals surface area contributed by atoms with E-state index in [9.17, 15) is 13.0 Å². The van der Waals surface area contributed by atoms with Gasteiger partial charge in [0, 0.05) is 13.2 Å². The van der Waals surface area contributed by atoms with Gasteiger partial charge in [0.25, 0.3) is 0 Å². The van der Waals surface area contributed by atoms with E-state index in [2.05, 4.69) is 25.2 Å². The molecule has 8 heteroatoms. The second kappa shape index (κ2) is 22.8. The van der Waals surface area contributed by atoms with E-state index in [0.717, 1.165) is 42.3 Å². The minimum atomic E-state index is -4.27. The molecule has 0 amide bonds. The van der Waals surface area contributed by atoms with E-state index in [0.29, 0.717) is 6.10 Å². The third kappa shape index (κ3) is 18.4. The quantitative estimate of drug-likeness (QED) is 0.0681. The molecule has 0 bridgehead atoms. The van der Waals surface area contributed by atoms with Crippen LogP contribution in [-0.2, 0) is 19.6 Å². The van der Waals surface area contributed by atoms with Gasteiger partial charge in [-0.05, 0) is 57.1 Å². The van der Waals surface area contributed by atoms with E-state index >= 15 is 0 Å². The molecule has 0 N–H and O–H groups in total. The summed E-state index contributed by atoms with van der Waals surface area (Å²) < 4.78 is 43.9. The average Bonchev–Trinajstić information content (AvgIpc) is 3.64. The van der Waals surface area contributed by atoms with Crippen molar-refractivity contribution >= 4 is 16.5 Å². The average molecular weight is 635 g/mol. The number of hydrogen-bond acceptors (Lipinski definition) is 6. The molecule has 7 nitrogen and oxygen atoms in total. The summed E-state index contributed by atoms with van der Waals surface area (Å²) in [6, 6.07) is 5.78. The number of benzene rings is 1. The van der Waals surface area contributed by atoms with Gasteiger partial charge in [0.15, 0.2) is 6.34 Å². The lowest BCUT2D eigenvalue weighted by molar-refractivity contribution is -0.756. The fourth-order valence-electron chi connectivity index (χ4n) is 5.85. The van der Waals surface area contributed by atoms with Crippen LogP contribution in [0.3, 0.4) is 0 Å². The molecule has 0 radical (unpaired) electrons. The standard InChI is InChI=1S/C29H55N2O2.C7H8O3S/c1-3-4-5-6-7-8-9-10-11-12-13-16-19-28-24-29(33-25-28)26-32-23-18-15-14-17-21-31(2)22-20-30-27-31;1-6-2-4-7(5-3-6)11(8,9)10/h20,22,27-29H,3-19,21,23-26H2,1-2H3;2-5H,1H3,(H,8,9,10)/q+1;/p-1. The van der Waals surface area contributed by atoms with Gasteiger partial charge in [-0.15, -0.1) is 0 Å². The van der Waals surface area contributed by atoms with Crippen molar-refractivity contribution in [2.45, 2.75) is 140 Å². The lowest BCUT2D eigenvalue weighted by Crippen LogP contribution is -2.35. The van der Waals surface area contributed by atoms with Crippen LogP contribution >= 0.6 is 0 Å². The summed E-state index contributed by atoms with van der Waals surface area (Å²) in [7, 11) is -2.06. The molecule has 1 aromatic carbocycles.